The molecule has 0 amide bonds. The monoisotopic (exact) mass is 278 g/mol. The third-order valence-corrected chi connectivity index (χ3v) is 2.94. The lowest BCUT2D eigenvalue weighted by molar-refractivity contribution is -0.146. The van der Waals surface area contributed by atoms with E-state index in [0.29, 0.717) is 0 Å². The minimum Gasteiger partial charge on any atom is -0.394 e. The van der Waals surface area contributed by atoms with Gasteiger partial charge >= 0.3 is 0 Å². The van der Waals surface area contributed by atoms with Crippen molar-refractivity contribution in [1.82, 2.24) is 9.55 Å². The number of ether oxygens (including phenoxy) is 1. The number of hydrogen-bond donors (Lipinski definition) is 3. The first-order chi connectivity index (χ1) is 8.34. The van der Waals surface area contributed by atoms with Gasteiger partial charge in [-0.3, -0.25) is 14.3 Å². The lowest BCUT2D eigenvalue weighted by atomic mass is 10.0. The Bertz CT molecular complexity index is 509. The highest BCUT2D eigenvalue weighted by molar-refractivity contribution is 7.71. The summed E-state index contributed by atoms with van der Waals surface area (Å²) in [6.45, 7) is 0.581. The van der Waals surface area contributed by atoms with E-state index >= 15 is 0 Å². The molecule has 18 heavy (non-hydrogen) atoms. The summed E-state index contributed by atoms with van der Waals surface area (Å²) in [4.78, 5) is 13.3. The number of methoxy groups -OCH3 is 1. The number of halogens is 1. The number of aliphatic hydroxyl groups is 2. The largest absolute Gasteiger partial charge is 0.394 e. The molecule has 0 saturated heterocycles. The molecule has 102 valence electrons. The van der Waals surface area contributed by atoms with E-state index in [4.69, 9.17) is 22.1 Å². The van der Waals surface area contributed by atoms with Gasteiger partial charge in [0.2, 0.25) is 0 Å². The van der Waals surface area contributed by atoms with Gasteiger partial charge in [0, 0.05) is 19.4 Å². The van der Waals surface area contributed by atoms with E-state index in [1.807, 2.05) is 0 Å². The smallest absolute Gasteiger partial charge is 0.251 e. The lowest BCUT2D eigenvalue weighted by Crippen LogP contribution is -2.48. The molecule has 0 fully saturated rings. The molecule has 1 rings (SSSR count). The average molecular weight is 278 g/mol. The van der Waals surface area contributed by atoms with Crippen LogP contribution in [-0.2, 0) is 10.5 Å². The van der Waals surface area contributed by atoms with Crippen LogP contribution in [0.2, 0.25) is 0 Å². The van der Waals surface area contributed by atoms with Gasteiger partial charge in [-0.05, 0) is 19.1 Å². The highest BCUT2D eigenvalue weighted by atomic mass is 32.1. The highest BCUT2D eigenvalue weighted by Gasteiger charge is 2.40. The van der Waals surface area contributed by atoms with Crippen LogP contribution >= 0.6 is 12.2 Å². The molecule has 0 aliphatic carbocycles. The number of nitrogens with zero attached hydrogens (tertiary/aromatic N) is 1. The van der Waals surface area contributed by atoms with Gasteiger partial charge in [0.15, 0.2) is 16.7 Å². The number of rotatable bonds is 5. The SMILES string of the molecule is CO[C@H](CO)[C@H](F)C(C)(O)n1ccc(=O)[nH]c1=S. The van der Waals surface area contributed by atoms with Gasteiger partial charge in [0.05, 0.1) is 6.61 Å². The molecule has 1 aromatic heterocycles. The fourth-order valence-electron chi connectivity index (χ4n) is 1.55. The zero-order valence-corrected chi connectivity index (χ0v) is 10.8. The predicted octanol–water partition coefficient (Wildman–Crippen LogP) is -0.0837. The number of H-pyrrole nitrogens is 1. The van der Waals surface area contributed by atoms with Crippen molar-refractivity contribution in [3.63, 3.8) is 0 Å². The van der Waals surface area contributed by atoms with E-state index in [1.54, 1.807) is 0 Å². The first-order valence-electron chi connectivity index (χ1n) is 5.17. The second-order valence-electron chi connectivity index (χ2n) is 3.93. The van der Waals surface area contributed by atoms with Gasteiger partial charge in [-0.1, -0.05) is 0 Å². The Balaban J connectivity index is 3.19. The quantitative estimate of drug-likeness (QED) is 0.656. The molecule has 0 spiro atoms. The number of hydrogen-bond acceptors (Lipinski definition) is 5. The third-order valence-electron chi connectivity index (χ3n) is 2.64. The van der Waals surface area contributed by atoms with Crippen LogP contribution in [0.3, 0.4) is 0 Å². The maximum Gasteiger partial charge on any atom is 0.251 e. The summed E-state index contributed by atoms with van der Waals surface area (Å²) in [5, 5.41) is 19.1. The van der Waals surface area contributed by atoms with Crippen molar-refractivity contribution >= 4 is 12.2 Å². The molecule has 1 aromatic rings. The molecule has 6 nitrogen and oxygen atoms in total. The number of aliphatic hydroxyl groups excluding tert-OH is 1. The maximum absolute atomic E-state index is 14.1. The van der Waals surface area contributed by atoms with Gasteiger partial charge in [-0.2, -0.15) is 0 Å². The van der Waals surface area contributed by atoms with Gasteiger partial charge in [-0.25, -0.2) is 4.39 Å². The fourth-order valence-corrected chi connectivity index (χ4v) is 1.89. The minimum atomic E-state index is -2.05. The summed E-state index contributed by atoms with van der Waals surface area (Å²) < 4.78 is 19.7. The maximum atomic E-state index is 14.1. The van der Waals surface area contributed by atoms with E-state index < -0.39 is 30.2 Å². The topological polar surface area (TPSA) is 87.5 Å². The van der Waals surface area contributed by atoms with Gasteiger partial charge < -0.3 is 14.9 Å². The Kier molecular flexibility index (Phi) is 4.74. The molecule has 0 aromatic carbocycles. The van der Waals surface area contributed by atoms with Crippen molar-refractivity contribution in [2.45, 2.75) is 24.9 Å². The molecule has 8 heteroatoms. The molecule has 0 saturated carbocycles. The molecule has 3 atom stereocenters. The Morgan fingerprint density at radius 1 is 1.72 bits per heavy atom. The summed E-state index contributed by atoms with van der Waals surface area (Å²) in [5.74, 6) is 0. The highest BCUT2D eigenvalue weighted by Crippen LogP contribution is 2.23. The first-order valence-corrected chi connectivity index (χ1v) is 5.58. The number of nitrogens with one attached hydrogen (secondary N) is 1. The summed E-state index contributed by atoms with van der Waals surface area (Å²) in [6, 6.07) is 1.11. The Morgan fingerprint density at radius 2 is 2.33 bits per heavy atom. The number of alkyl halides is 1. The molecule has 0 radical (unpaired) electrons. The van der Waals surface area contributed by atoms with Crippen LogP contribution in [0.4, 0.5) is 4.39 Å². The van der Waals surface area contributed by atoms with Crippen molar-refractivity contribution in [3.05, 3.63) is 27.4 Å². The van der Waals surface area contributed by atoms with E-state index in [2.05, 4.69) is 4.98 Å². The van der Waals surface area contributed by atoms with Crippen molar-refractivity contribution in [1.29, 1.82) is 0 Å². The Labute approximate surface area is 108 Å². The van der Waals surface area contributed by atoms with E-state index in [9.17, 15) is 14.3 Å². The van der Waals surface area contributed by atoms with E-state index in [-0.39, 0.29) is 4.77 Å². The van der Waals surface area contributed by atoms with Crippen molar-refractivity contribution in [3.8, 4) is 0 Å². The van der Waals surface area contributed by atoms with E-state index in [1.165, 1.54) is 20.2 Å². The summed E-state index contributed by atoms with van der Waals surface area (Å²) in [5.41, 5.74) is -2.50. The fraction of sp³-hybridized carbons (Fsp3) is 0.600. The third kappa shape index (κ3) is 2.83. The zero-order chi connectivity index (χ0) is 13.9. The lowest BCUT2D eigenvalue weighted by Gasteiger charge is -2.33. The molecule has 1 heterocycles. The normalized spacial score (nSPS) is 18.1. The molecular formula is C10H15FN2O4S. The Hall–Kier alpha value is -1.09. The molecule has 0 aliphatic heterocycles. The van der Waals surface area contributed by atoms with Crippen molar-refractivity contribution < 1.29 is 19.3 Å². The second-order valence-corrected chi connectivity index (χ2v) is 4.32. The van der Waals surface area contributed by atoms with Crippen LogP contribution in [0.5, 0.6) is 0 Å². The number of aromatic amines is 1. The second kappa shape index (κ2) is 5.70. The van der Waals surface area contributed by atoms with Crippen molar-refractivity contribution in [2.24, 2.45) is 0 Å². The standard InChI is InChI=1S/C10H15FN2O4S/c1-10(16,8(11)6(5-14)17-2)13-4-3-7(15)12-9(13)18/h3-4,6,8,14,16H,5H2,1-2H3,(H,12,15,18)/t6-,8+,10?/m1/s1. The van der Waals surface area contributed by atoms with Crippen LogP contribution in [0, 0.1) is 4.77 Å². The van der Waals surface area contributed by atoms with Crippen LogP contribution in [0.1, 0.15) is 6.92 Å². The van der Waals surface area contributed by atoms with Crippen LogP contribution in [0.15, 0.2) is 17.1 Å². The van der Waals surface area contributed by atoms with Gasteiger partial charge in [0.25, 0.3) is 5.56 Å². The molecule has 1 unspecified atom stereocenters. The summed E-state index contributed by atoms with van der Waals surface area (Å²) in [7, 11) is 1.22. The van der Waals surface area contributed by atoms with Gasteiger partial charge in [0.1, 0.15) is 6.10 Å². The molecule has 0 aliphatic rings. The summed E-state index contributed by atoms with van der Waals surface area (Å²) >= 11 is 4.84. The Morgan fingerprint density at radius 3 is 2.78 bits per heavy atom. The minimum absolute atomic E-state index is 0.122. The van der Waals surface area contributed by atoms with Gasteiger partial charge in [-0.15, -0.1) is 0 Å². The molecule has 3 N–H and O–H groups in total. The summed E-state index contributed by atoms with van der Waals surface area (Å²) in [6.07, 6.45) is -1.95. The predicted molar refractivity (Wildman–Crippen MR) is 64.5 cm³/mol. The van der Waals surface area contributed by atoms with E-state index in [0.717, 1.165) is 10.6 Å². The molecular weight excluding hydrogens is 263 g/mol. The molecule has 0 bridgehead atoms. The number of aromatic nitrogens is 2. The van der Waals surface area contributed by atoms with Crippen molar-refractivity contribution in [2.75, 3.05) is 13.7 Å². The van der Waals surface area contributed by atoms with Crippen LogP contribution in [-0.4, -0.2) is 45.8 Å². The van der Waals surface area contributed by atoms with Crippen LogP contribution in [0.25, 0.3) is 0 Å². The average Bonchev–Trinajstić information content (AvgIpc) is 2.29. The first kappa shape index (κ1) is 15.0. The van der Waals surface area contributed by atoms with Crippen LogP contribution < -0.4 is 5.56 Å². The zero-order valence-electron chi connectivity index (χ0n) is 9.96.